The Labute approximate surface area is 198 Å². The molecule has 8 nitrogen and oxygen atoms in total. The standard InChI is InChI=1S/C26H27N3O5/c1-4-27-17-9-6-5-8-16(17)26(25(27)32)22-21(18-10-7-13-28(18)26)23(30)29(24(22)31)19-14-15(33-2)11-12-20(19)34-3/h5-6,8-9,11-12,14,18,21-22H,4,7,10,13H2,1-3H3/t18-,21+,22-,26+/m0/s1. The summed E-state index contributed by atoms with van der Waals surface area (Å²) < 4.78 is 10.9. The normalized spacial score (nSPS) is 29.7. The van der Waals surface area contributed by atoms with Crippen molar-refractivity contribution in [3.05, 3.63) is 48.0 Å². The number of fused-ring (bicyclic) bond motifs is 7. The van der Waals surface area contributed by atoms with E-state index in [-0.39, 0.29) is 23.8 Å². The van der Waals surface area contributed by atoms with E-state index >= 15 is 0 Å². The second-order valence-corrected chi connectivity index (χ2v) is 9.29. The molecule has 6 rings (SSSR count). The molecule has 176 valence electrons. The predicted molar refractivity (Wildman–Crippen MR) is 125 cm³/mol. The maximum absolute atomic E-state index is 14.2. The van der Waals surface area contributed by atoms with Gasteiger partial charge in [0.05, 0.1) is 31.7 Å². The highest BCUT2D eigenvalue weighted by molar-refractivity contribution is 6.26. The van der Waals surface area contributed by atoms with E-state index in [1.165, 1.54) is 19.1 Å². The molecular formula is C26H27N3O5. The maximum Gasteiger partial charge on any atom is 0.253 e. The fourth-order valence-electron chi connectivity index (χ4n) is 6.86. The zero-order valence-corrected chi connectivity index (χ0v) is 19.5. The molecule has 4 aliphatic heterocycles. The second-order valence-electron chi connectivity index (χ2n) is 9.29. The Balaban J connectivity index is 1.56. The van der Waals surface area contributed by atoms with E-state index < -0.39 is 17.4 Å². The first kappa shape index (κ1) is 21.2. The molecule has 4 aliphatic rings. The first-order chi connectivity index (χ1) is 16.5. The predicted octanol–water partition coefficient (Wildman–Crippen LogP) is 2.55. The molecular weight excluding hydrogens is 434 g/mol. The minimum Gasteiger partial charge on any atom is -0.497 e. The fraction of sp³-hybridized carbons (Fsp3) is 0.423. The number of methoxy groups -OCH3 is 2. The lowest BCUT2D eigenvalue weighted by Crippen LogP contribution is -2.56. The average Bonchev–Trinajstić information content (AvgIpc) is 3.56. The van der Waals surface area contributed by atoms with Gasteiger partial charge in [-0.05, 0) is 44.5 Å². The summed E-state index contributed by atoms with van der Waals surface area (Å²) in [5.41, 5.74) is 0.865. The number of hydrogen-bond donors (Lipinski definition) is 0. The maximum atomic E-state index is 14.2. The number of nitrogens with zero attached hydrogens (tertiary/aromatic N) is 3. The summed E-state index contributed by atoms with van der Waals surface area (Å²) in [5, 5.41) is 0. The molecule has 3 fully saturated rings. The molecule has 3 amide bonds. The topological polar surface area (TPSA) is 79.4 Å². The van der Waals surface area contributed by atoms with Crippen LogP contribution in [0.4, 0.5) is 11.4 Å². The molecule has 0 radical (unpaired) electrons. The summed E-state index contributed by atoms with van der Waals surface area (Å²) in [6, 6.07) is 12.6. The lowest BCUT2D eigenvalue weighted by molar-refractivity contribution is -0.137. The number of anilines is 2. The van der Waals surface area contributed by atoms with Crippen LogP contribution in [-0.4, -0.2) is 56.0 Å². The van der Waals surface area contributed by atoms with Crippen LogP contribution < -0.4 is 19.3 Å². The van der Waals surface area contributed by atoms with Crippen LogP contribution in [0.25, 0.3) is 0 Å². The monoisotopic (exact) mass is 461 g/mol. The van der Waals surface area contributed by atoms with E-state index in [0.717, 1.165) is 24.1 Å². The highest BCUT2D eigenvalue weighted by Crippen LogP contribution is 2.62. The summed E-state index contributed by atoms with van der Waals surface area (Å²) in [6.45, 7) is 3.14. The van der Waals surface area contributed by atoms with Crippen LogP contribution in [0.1, 0.15) is 25.3 Å². The van der Waals surface area contributed by atoms with Gasteiger partial charge in [-0.1, -0.05) is 18.2 Å². The van der Waals surface area contributed by atoms with Crippen LogP contribution in [-0.2, 0) is 19.9 Å². The smallest absolute Gasteiger partial charge is 0.253 e. The molecule has 1 spiro atoms. The number of para-hydroxylation sites is 1. The molecule has 0 aliphatic carbocycles. The number of benzene rings is 2. The molecule has 2 aromatic carbocycles. The molecule has 8 heteroatoms. The van der Waals surface area contributed by atoms with Crippen molar-refractivity contribution in [2.45, 2.75) is 31.3 Å². The van der Waals surface area contributed by atoms with Gasteiger partial charge in [0.25, 0.3) is 5.91 Å². The van der Waals surface area contributed by atoms with Crippen molar-refractivity contribution < 1.29 is 23.9 Å². The first-order valence-electron chi connectivity index (χ1n) is 11.8. The SMILES string of the molecule is CCN1C(=O)[C@@]2(c3ccccc31)[C@@H]1C(=O)N(c3cc(OC)ccc3OC)C(=O)[C@@H]1[C@@H]1CCCN12. The molecule has 4 atom stereocenters. The van der Waals surface area contributed by atoms with Crippen molar-refractivity contribution in [3.8, 4) is 11.5 Å². The van der Waals surface area contributed by atoms with Crippen LogP contribution in [0.2, 0.25) is 0 Å². The summed E-state index contributed by atoms with van der Waals surface area (Å²) in [4.78, 5) is 47.5. The third kappa shape index (κ3) is 2.34. The zero-order valence-electron chi connectivity index (χ0n) is 19.5. The van der Waals surface area contributed by atoms with E-state index in [0.29, 0.717) is 30.3 Å². The number of ether oxygens (including phenoxy) is 2. The number of carbonyl (C=O) groups is 3. The summed E-state index contributed by atoms with van der Waals surface area (Å²) >= 11 is 0. The molecule has 0 unspecified atom stereocenters. The summed E-state index contributed by atoms with van der Waals surface area (Å²) in [7, 11) is 3.04. The van der Waals surface area contributed by atoms with Crippen LogP contribution in [0.3, 0.4) is 0 Å². The number of likely N-dealkylation sites (N-methyl/N-ethyl adjacent to an activating group) is 1. The van der Waals surface area contributed by atoms with Crippen molar-refractivity contribution in [1.82, 2.24) is 4.90 Å². The molecule has 4 heterocycles. The van der Waals surface area contributed by atoms with Crippen molar-refractivity contribution in [1.29, 1.82) is 0 Å². The molecule has 34 heavy (non-hydrogen) atoms. The Morgan fingerprint density at radius 2 is 1.79 bits per heavy atom. The molecule has 2 aromatic rings. The van der Waals surface area contributed by atoms with Gasteiger partial charge in [-0.25, -0.2) is 4.90 Å². The van der Waals surface area contributed by atoms with Gasteiger partial charge in [0.1, 0.15) is 17.0 Å². The van der Waals surface area contributed by atoms with Crippen molar-refractivity contribution in [2.24, 2.45) is 11.8 Å². The van der Waals surface area contributed by atoms with Gasteiger partial charge in [-0.3, -0.25) is 19.3 Å². The van der Waals surface area contributed by atoms with Gasteiger partial charge in [0.2, 0.25) is 11.8 Å². The number of hydrogen-bond acceptors (Lipinski definition) is 6. The molecule has 0 N–H and O–H groups in total. The van der Waals surface area contributed by atoms with E-state index in [2.05, 4.69) is 4.90 Å². The van der Waals surface area contributed by atoms with E-state index in [1.807, 2.05) is 31.2 Å². The minimum atomic E-state index is -1.16. The molecule has 0 bridgehead atoms. The Morgan fingerprint density at radius 3 is 2.53 bits per heavy atom. The molecule has 0 saturated carbocycles. The van der Waals surface area contributed by atoms with Crippen LogP contribution in [0.15, 0.2) is 42.5 Å². The van der Waals surface area contributed by atoms with Gasteiger partial charge >= 0.3 is 0 Å². The van der Waals surface area contributed by atoms with Crippen LogP contribution in [0, 0.1) is 11.8 Å². The average molecular weight is 462 g/mol. The first-order valence-corrected chi connectivity index (χ1v) is 11.8. The highest BCUT2D eigenvalue weighted by atomic mass is 16.5. The Kier molecular flexibility index (Phi) is 4.55. The Morgan fingerprint density at radius 1 is 1.00 bits per heavy atom. The molecule has 3 saturated heterocycles. The number of imide groups is 1. The molecule has 0 aromatic heterocycles. The minimum absolute atomic E-state index is 0.101. The number of rotatable bonds is 4. The van der Waals surface area contributed by atoms with Gasteiger partial charge in [0.15, 0.2) is 0 Å². The van der Waals surface area contributed by atoms with Gasteiger partial charge in [-0.2, -0.15) is 0 Å². The van der Waals surface area contributed by atoms with Crippen molar-refractivity contribution in [2.75, 3.05) is 37.1 Å². The van der Waals surface area contributed by atoms with Crippen molar-refractivity contribution in [3.63, 3.8) is 0 Å². The Bertz CT molecular complexity index is 1230. The van der Waals surface area contributed by atoms with E-state index in [4.69, 9.17) is 9.47 Å². The highest BCUT2D eigenvalue weighted by Gasteiger charge is 2.75. The van der Waals surface area contributed by atoms with Crippen LogP contribution >= 0.6 is 0 Å². The largest absolute Gasteiger partial charge is 0.497 e. The summed E-state index contributed by atoms with van der Waals surface area (Å²) in [5.74, 6) is -1.16. The third-order valence-corrected chi connectivity index (χ3v) is 8.09. The number of amides is 3. The van der Waals surface area contributed by atoms with Gasteiger partial charge in [-0.15, -0.1) is 0 Å². The second kappa shape index (κ2) is 7.30. The lowest BCUT2D eigenvalue weighted by Gasteiger charge is -2.37. The summed E-state index contributed by atoms with van der Waals surface area (Å²) in [6.07, 6.45) is 1.67. The fourth-order valence-corrected chi connectivity index (χ4v) is 6.86. The van der Waals surface area contributed by atoms with Gasteiger partial charge < -0.3 is 14.4 Å². The van der Waals surface area contributed by atoms with Crippen LogP contribution in [0.5, 0.6) is 11.5 Å². The van der Waals surface area contributed by atoms with Gasteiger partial charge in [0, 0.05) is 29.9 Å². The number of carbonyl (C=O) groups excluding carboxylic acids is 3. The zero-order chi connectivity index (χ0) is 23.8. The third-order valence-electron chi connectivity index (χ3n) is 8.09. The van der Waals surface area contributed by atoms with Crippen molar-refractivity contribution >= 4 is 29.1 Å². The Hall–Kier alpha value is -3.39. The van der Waals surface area contributed by atoms with E-state index in [1.54, 1.807) is 23.1 Å². The quantitative estimate of drug-likeness (QED) is 0.652. The lowest BCUT2D eigenvalue weighted by atomic mass is 9.75. The van der Waals surface area contributed by atoms with E-state index in [9.17, 15) is 14.4 Å².